The minimum atomic E-state index is -0.123. The molecule has 0 fully saturated rings. The molecule has 4 nitrogen and oxygen atoms in total. The van der Waals surface area contributed by atoms with Crippen LogP contribution in [0.2, 0.25) is 0 Å². The molecule has 2 aromatic carbocycles. The van der Waals surface area contributed by atoms with Crippen LogP contribution in [0.4, 0.5) is 0 Å². The first-order valence-electron chi connectivity index (χ1n) is 7.15. The molecule has 0 saturated carbocycles. The molecule has 3 aromatic rings. The Balaban J connectivity index is 1.78. The van der Waals surface area contributed by atoms with Crippen LogP contribution >= 0.6 is 0 Å². The van der Waals surface area contributed by atoms with E-state index in [-0.39, 0.29) is 5.91 Å². The largest absolute Gasteiger partial charge is 0.494 e. The number of carbonyl (C=O) groups is 1. The highest BCUT2D eigenvalue weighted by atomic mass is 16.5. The fourth-order valence-corrected chi connectivity index (χ4v) is 2.22. The Morgan fingerprint density at radius 2 is 1.95 bits per heavy atom. The summed E-state index contributed by atoms with van der Waals surface area (Å²) in [6.45, 7) is 2.59. The molecule has 0 aliphatic rings. The van der Waals surface area contributed by atoms with Crippen molar-refractivity contribution in [3.05, 3.63) is 66.5 Å². The normalized spacial score (nSPS) is 11.1. The van der Waals surface area contributed by atoms with Gasteiger partial charge in [0.05, 0.1) is 17.6 Å². The number of nitrogens with zero attached hydrogens (tertiary/aromatic N) is 2. The van der Waals surface area contributed by atoms with Crippen LogP contribution in [0.15, 0.2) is 60.9 Å². The highest BCUT2D eigenvalue weighted by molar-refractivity contribution is 5.99. The summed E-state index contributed by atoms with van der Waals surface area (Å²) >= 11 is 0. The smallest absolute Gasteiger partial charge is 0.256 e. The van der Waals surface area contributed by atoms with E-state index < -0.39 is 0 Å². The molecule has 4 heteroatoms. The molecule has 3 rings (SSSR count). The van der Waals surface area contributed by atoms with E-state index in [0.29, 0.717) is 6.61 Å². The zero-order chi connectivity index (χ0) is 15.4. The van der Waals surface area contributed by atoms with Gasteiger partial charge >= 0.3 is 0 Å². The topological polar surface area (TPSA) is 44.1 Å². The number of allylic oxidation sites excluding steroid dienone is 1. The molecule has 0 N–H and O–H groups in total. The third-order valence-corrected chi connectivity index (χ3v) is 3.30. The maximum Gasteiger partial charge on any atom is 0.256 e. The van der Waals surface area contributed by atoms with Crippen LogP contribution in [0.3, 0.4) is 0 Å². The highest BCUT2D eigenvalue weighted by Gasteiger charge is 2.06. The first kappa shape index (κ1) is 14.1. The van der Waals surface area contributed by atoms with Gasteiger partial charge in [-0.1, -0.05) is 24.3 Å². The highest BCUT2D eigenvalue weighted by Crippen LogP contribution is 2.14. The van der Waals surface area contributed by atoms with Crippen molar-refractivity contribution < 1.29 is 9.53 Å². The van der Waals surface area contributed by atoms with Gasteiger partial charge < -0.3 is 4.74 Å². The average molecular weight is 292 g/mol. The summed E-state index contributed by atoms with van der Waals surface area (Å²) in [5.74, 6) is 0.703. The van der Waals surface area contributed by atoms with E-state index in [1.807, 2.05) is 55.5 Å². The van der Waals surface area contributed by atoms with Crippen LogP contribution < -0.4 is 4.74 Å². The lowest BCUT2D eigenvalue weighted by atomic mass is 10.2. The summed E-state index contributed by atoms with van der Waals surface area (Å²) in [5, 5.41) is 0. The Morgan fingerprint density at radius 1 is 1.18 bits per heavy atom. The van der Waals surface area contributed by atoms with Gasteiger partial charge in [-0.3, -0.25) is 9.36 Å². The van der Waals surface area contributed by atoms with Crippen molar-refractivity contribution in [2.24, 2.45) is 0 Å². The summed E-state index contributed by atoms with van der Waals surface area (Å²) in [6, 6.07) is 15.2. The summed E-state index contributed by atoms with van der Waals surface area (Å²) in [5.41, 5.74) is 2.57. The summed E-state index contributed by atoms with van der Waals surface area (Å²) < 4.78 is 6.93. The number of para-hydroxylation sites is 2. The van der Waals surface area contributed by atoms with E-state index in [1.54, 1.807) is 23.0 Å². The molecule has 22 heavy (non-hydrogen) atoms. The Morgan fingerprint density at radius 3 is 2.73 bits per heavy atom. The number of hydrogen-bond donors (Lipinski definition) is 0. The predicted molar refractivity (Wildman–Crippen MR) is 87.0 cm³/mol. The van der Waals surface area contributed by atoms with Gasteiger partial charge in [0.25, 0.3) is 5.91 Å². The van der Waals surface area contributed by atoms with Gasteiger partial charge in [-0.2, -0.15) is 0 Å². The molecule has 110 valence electrons. The Kier molecular flexibility index (Phi) is 4.01. The van der Waals surface area contributed by atoms with Crippen LogP contribution in [0, 0.1) is 0 Å². The van der Waals surface area contributed by atoms with Crippen molar-refractivity contribution in [1.82, 2.24) is 9.55 Å². The van der Waals surface area contributed by atoms with Gasteiger partial charge in [-0.05, 0) is 42.8 Å². The number of aromatic nitrogens is 2. The number of rotatable bonds is 4. The first-order chi connectivity index (χ1) is 10.8. The zero-order valence-corrected chi connectivity index (χ0v) is 12.3. The van der Waals surface area contributed by atoms with Crippen molar-refractivity contribution in [3.63, 3.8) is 0 Å². The maximum absolute atomic E-state index is 12.3. The standard InChI is InChI=1S/C18H16N2O2/c1-2-22-15-10-7-14(8-11-15)9-12-18(21)20-13-19-16-5-3-4-6-17(16)20/h3-13H,2H2,1H3/b12-9+. The lowest BCUT2D eigenvalue weighted by Crippen LogP contribution is -2.05. The van der Waals surface area contributed by atoms with Crippen molar-refractivity contribution in [2.75, 3.05) is 6.61 Å². The maximum atomic E-state index is 12.3. The molecule has 0 unspecified atom stereocenters. The second kappa shape index (κ2) is 6.26. The van der Waals surface area contributed by atoms with E-state index in [0.717, 1.165) is 22.3 Å². The van der Waals surface area contributed by atoms with Gasteiger partial charge in [-0.25, -0.2) is 4.98 Å². The van der Waals surface area contributed by atoms with E-state index in [9.17, 15) is 4.79 Å². The zero-order valence-electron chi connectivity index (χ0n) is 12.3. The minimum absolute atomic E-state index is 0.123. The molecule has 0 radical (unpaired) electrons. The van der Waals surface area contributed by atoms with Gasteiger partial charge in [0.15, 0.2) is 0 Å². The van der Waals surface area contributed by atoms with E-state index in [1.165, 1.54) is 0 Å². The molecular weight excluding hydrogens is 276 g/mol. The van der Waals surface area contributed by atoms with Gasteiger partial charge in [0.2, 0.25) is 0 Å². The van der Waals surface area contributed by atoms with Gasteiger partial charge in [-0.15, -0.1) is 0 Å². The minimum Gasteiger partial charge on any atom is -0.494 e. The first-order valence-corrected chi connectivity index (χ1v) is 7.15. The van der Waals surface area contributed by atoms with E-state index >= 15 is 0 Å². The summed E-state index contributed by atoms with van der Waals surface area (Å²) in [4.78, 5) is 16.5. The molecule has 0 saturated heterocycles. The van der Waals surface area contributed by atoms with Crippen LogP contribution in [0.1, 0.15) is 17.3 Å². The third kappa shape index (κ3) is 2.91. The second-order valence-corrected chi connectivity index (χ2v) is 4.78. The van der Waals surface area contributed by atoms with E-state index in [4.69, 9.17) is 4.74 Å². The Hall–Kier alpha value is -2.88. The second-order valence-electron chi connectivity index (χ2n) is 4.78. The molecular formula is C18H16N2O2. The predicted octanol–water partition coefficient (Wildman–Crippen LogP) is 3.79. The van der Waals surface area contributed by atoms with Crippen LogP contribution in [0.5, 0.6) is 5.75 Å². The monoisotopic (exact) mass is 292 g/mol. The Labute approximate surface area is 128 Å². The number of carbonyl (C=O) groups excluding carboxylic acids is 1. The summed E-state index contributed by atoms with van der Waals surface area (Å²) in [7, 11) is 0. The quantitative estimate of drug-likeness (QED) is 0.687. The van der Waals surface area contributed by atoms with E-state index in [2.05, 4.69) is 4.98 Å². The van der Waals surface area contributed by atoms with Crippen molar-refractivity contribution in [2.45, 2.75) is 6.92 Å². The number of hydrogen-bond acceptors (Lipinski definition) is 3. The summed E-state index contributed by atoms with van der Waals surface area (Å²) in [6.07, 6.45) is 4.88. The lowest BCUT2D eigenvalue weighted by Gasteiger charge is -2.02. The molecule has 0 aliphatic carbocycles. The molecule has 0 amide bonds. The third-order valence-electron chi connectivity index (χ3n) is 3.30. The molecule has 0 spiro atoms. The molecule has 0 atom stereocenters. The molecule has 1 aromatic heterocycles. The fraction of sp³-hybridized carbons (Fsp3) is 0.111. The van der Waals surface area contributed by atoms with Gasteiger partial charge in [0, 0.05) is 6.08 Å². The number of ether oxygens (including phenoxy) is 1. The SMILES string of the molecule is CCOc1ccc(/C=C/C(=O)n2cnc3ccccc32)cc1. The number of benzene rings is 2. The van der Waals surface area contributed by atoms with Crippen molar-refractivity contribution in [1.29, 1.82) is 0 Å². The fourth-order valence-electron chi connectivity index (χ4n) is 2.22. The van der Waals surface area contributed by atoms with Crippen LogP contribution in [0.25, 0.3) is 17.1 Å². The van der Waals surface area contributed by atoms with Crippen LogP contribution in [-0.2, 0) is 0 Å². The molecule has 0 aliphatic heterocycles. The lowest BCUT2D eigenvalue weighted by molar-refractivity contribution is 0.0974. The average Bonchev–Trinajstić information content (AvgIpc) is 2.98. The van der Waals surface area contributed by atoms with Gasteiger partial charge in [0.1, 0.15) is 12.1 Å². The number of fused-ring (bicyclic) bond motifs is 1. The number of imidazole rings is 1. The molecule has 1 heterocycles. The Bertz CT molecular complexity index is 816. The van der Waals surface area contributed by atoms with Crippen molar-refractivity contribution >= 4 is 23.0 Å². The molecule has 0 bridgehead atoms. The van der Waals surface area contributed by atoms with Crippen molar-refractivity contribution in [3.8, 4) is 5.75 Å². The van der Waals surface area contributed by atoms with Crippen LogP contribution in [-0.4, -0.2) is 22.1 Å².